The van der Waals surface area contributed by atoms with Crippen LogP contribution >= 0.6 is 11.3 Å². The fourth-order valence-corrected chi connectivity index (χ4v) is 9.25. The lowest BCUT2D eigenvalue weighted by molar-refractivity contribution is 0.672. The molecule has 0 aliphatic rings. The monoisotopic (exact) mass is 693 g/mol. The molecule has 0 aliphatic carbocycles. The number of fused-ring (bicyclic) bond motifs is 9. The molecule has 0 spiro atoms. The third kappa shape index (κ3) is 4.86. The molecule has 3 heteroatoms. The molecule has 0 radical (unpaired) electrons. The summed E-state index contributed by atoms with van der Waals surface area (Å²) < 4.78 is 9.00. The molecule has 2 heterocycles. The van der Waals surface area contributed by atoms with Gasteiger partial charge in [-0.2, -0.15) is 0 Å². The van der Waals surface area contributed by atoms with Crippen molar-refractivity contribution in [2.45, 2.75) is 0 Å². The summed E-state index contributed by atoms with van der Waals surface area (Å²) in [4.78, 5) is 2.41. The Morgan fingerprint density at radius 3 is 1.83 bits per heavy atom. The van der Waals surface area contributed by atoms with Gasteiger partial charge in [0, 0.05) is 47.7 Å². The van der Waals surface area contributed by atoms with Crippen LogP contribution in [0.3, 0.4) is 0 Å². The van der Waals surface area contributed by atoms with Crippen molar-refractivity contribution >= 4 is 92.1 Å². The van der Waals surface area contributed by atoms with Crippen LogP contribution in [0.1, 0.15) is 0 Å². The van der Waals surface area contributed by atoms with E-state index in [1.165, 1.54) is 53.1 Å². The quantitative estimate of drug-likeness (QED) is 0.178. The summed E-state index contributed by atoms with van der Waals surface area (Å²) in [6.45, 7) is 0. The minimum Gasteiger partial charge on any atom is -0.455 e. The molecule has 0 amide bonds. The molecule has 248 valence electrons. The molecule has 0 atom stereocenters. The second-order valence-corrected chi connectivity index (χ2v) is 14.8. The van der Waals surface area contributed by atoms with Crippen molar-refractivity contribution in [1.29, 1.82) is 0 Å². The van der Waals surface area contributed by atoms with Crippen LogP contribution in [0.15, 0.2) is 192 Å². The van der Waals surface area contributed by atoms with Gasteiger partial charge >= 0.3 is 0 Å². The molecule has 0 fully saturated rings. The van der Waals surface area contributed by atoms with E-state index in [-0.39, 0.29) is 0 Å². The minimum atomic E-state index is 0.908. The lowest BCUT2D eigenvalue weighted by Gasteiger charge is -2.27. The van der Waals surface area contributed by atoms with Crippen LogP contribution in [0.2, 0.25) is 0 Å². The molecule has 2 aromatic heterocycles. The minimum absolute atomic E-state index is 0.908. The van der Waals surface area contributed by atoms with Gasteiger partial charge in [-0.25, -0.2) is 0 Å². The molecule has 0 unspecified atom stereocenters. The summed E-state index contributed by atoms with van der Waals surface area (Å²) in [5.74, 6) is 0. The first kappa shape index (κ1) is 30.0. The largest absolute Gasteiger partial charge is 0.455 e. The van der Waals surface area contributed by atoms with E-state index in [1.54, 1.807) is 0 Å². The average molecular weight is 694 g/mol. The highest BCUT2D eigenvalue weighted by molar-refractivity contribution is 7.26. The molecule has 0 saturated heterocycles. The summed E-state index contributed by atoms with van der Waals surface area (Å²) in [7, 11) is 0. The average Bonchev–Trinajstić information content (AvgIpc) is 3.80. The van der Waals surface area contributed by atoms with Crippen LogP contribution in [0.5, 0.6) is 0 Å². The maximum absolute atomic E-state index is 6.42. The Morgan fingerprint density at radius 2 is 1.02 bits per heavy atom. The number of furan rings is 1. The molecular weight excluding hydrogens is 663 g/mol. The zero-order valence-corrected chi connectivity index (χ0v) is 29.5. The van der Waals surface area contributed by atoms with Crippen molar-refractivity contribution in [3.8, 4) is 22.3 Å². The fraction of sp³-hybridized carbons (Fsp3) is 0. The molecular formula is C50H31NOS. The zero-order chi connectivity index (χ0) is 34.9. The van der Waals surface area contributed by atoms with E-state index in [2.05, 4.69) is 193 Å². The Labute approximate surface area is 310 Å². The molecule has 0 bridgehead atoms. The SMILES string of the molecule is c1ccc2c(-c3ccc(N(c4ccc(-c5ccc6oc7c8ccccc8ccc7c6c5)cc4)c4cccc5sc6ccccc6c45)cc3)cccc2c1. The smallest absolute Gasteiger partial charge is 0.143 e. The van der Waals surface area contributed by atoms with Crippen LogP contribution in [0, 0.1) is 0 Å². The number of rotatable bonds is 5. The number of nitrogens with zero attached hydrogens (tertiary/aromatic N) is 1. The summed E-state index contributed by atoms with van der Waals surface area (Å²) >= 11 is 1.85. The standard InChI is InChI=1S/C50H31NOS/c1-3-12-39-33(9-1)11-7-15-40(39)35-21-27-38(28-22-35)51(45-16-8-18-48-49(45)43-14-5-6-17-47(43)53-48)37-25-19-32(20-26-37)36-24-30-46-44(31-36)42-29-23-34-10-2-4-13-41(34)50(42)52-46/h1-31H. The molecule has 2 nitrogen and oxygen atoms in total. The van der Waals surface area contributed by atoms with E-state index < -0.39 is 0 Å². The number of hydrogen-bond donors (Lipinski definition) is 0. The zero-order valence-electron chi connectivity index (χ0n) is 28.7. The van der Waals surface area contributed by atoms with Gasteiger partial charge in [-0.1, -0.05) is 127 Å². The van der Waals surface area contributed by atoms with Gasteiger partial charge < -0.3 is 9.32 Å². The first-order valence-electron chi connectivity index (χ1n) is 18.0. The van der Waals surface area contributed by atoms with E-state index in [1.807, 2.05) is 11.3 Å². The van der Waals surface area contributed by atoms with Crippen molar-refractivity contribution in [3.05, 3.63) is 188 Å². The third-order valence-electron chi connectivity index (χ3n) is 10.7. The van der Waals surface area contributed by atoms with Gasteiger partial charge in [0.2, 0.25) is 0 Å². The molecule has 0 saturated carbocycles. The number of anilines is 3. The van der Waals surface area contributed by atoms with Crippen molar-refractivity contribution in [2.24, 2.45) is 0 Å². The molecule has 0 N–H and O–H groups in total. The van der Waals surface area contributed by atoms with Crippen molar-refractivity contribution < 1.29 is 4.42 Å². The highest BCUT2D eigenvalue weighted by atomic mass is 32.1. The van der Waals surface area contributed by atoms with Gasteiger partial charge in [0.1, 0.15) is 11.2 Å². The van der Waals surface area contributed by atoms with E-state index in [0.717, 1.165) is 49.8 Å². The first-order chi connectivity index (χ1) is 26.3. The second-order valence-electron chi connectivity index (χ2n) is 13.7. The van der Waals surface area contributed by atoms with Crippen LogP contribution in [0.4, 0.5) is 17.1 Å². The second kappa shape index (κ2) is 11.9. The Kier molecular flexibility index (Phi) is 6.76. The highest BCUT2D eigenvalue weighted by Gasteiger charge is 2.19. The van der Waals surface area contributed by atoms with Gasteiger partial charge in [0.05, 0.1) is 5.69 Å². The number of thiophene rings is 1. The van der Waals surface area contributed by atoms with Gasteiger partial charge in [0.25, 0.3) is 0 Å². The molecule has 11 rings (SSSR count). The third-order valence-corrected chi connectivity index (χ3v) is 11.8. The van der Waals surface area contributed by atoms with Crippen molar-refractivity contribution in [2.75, 3.05) is 4.90 Å². The van der Waals surface area contributed by atoms with Crippen LogP contribution in [-0.2, 0) is 0 Å². The first-order valence-corrected chi connectivity index (χ1v) is 18.8. The predicted molar refractivity (Wildman–Crippen MR) is 227 cm³/mol. The molecule has 53 heavy (non-hydrogen) atoms. The van der Waals surface area contributed by atoms with Crippen LogP contribution in [0.25, 0.3) is 85.9 Å². The molecule has 0 aliphatic heterocycles. The lowest BCUT2D eigenvalue weighted by atomic mass is 9.98. The van der Waals surface area contributed by atoms with E-state index >= 15 is 0 Å². The van der Waals surface area contributed by atoms with E-state index in [9.17, 15) is 0 Å². The molecule has 9 aromatic carbocycles. The Hall–Kier alpha value is -6.68. The Balaban J connectivity index is 1.04. The van der Waals surface area contributed by atoms with Crippen LogP contribution < -0.4 is 4.90 Å². The summed E-state index contributed by atoms with van der Waals surface area (Å²) in [5, 5.41) is 9.69. The summed E-state index contributed by atoms with van der Waals surface area (Å²) in [6.07, 6.45) is 0. The van der Waals surface area contributed by atoms with Crippen molar-refractivity contribution in [1.82, 2.24) is 0 Å². The summed E-state index contributed by atoms with van der Waals surface area (Å²) in [6, 6.07) is 68.0. The van der Waals surface area contributed by atoms with Gasteiger partial charge in [-0.05, 0) is 99.1 Å². The molecule has 11 aromatic rings. The summed E-state index contributed by atoms with van der Waals surface area (Å²) in [5.41, 5.74) is 10.0. The Bertz CT molecular complexity index is 3160. The maximum atomic E-state index is 6.42. The number of hydrogen-bond acceptors (Lipinski definition) is 3. The van der Waals surface area contributed by atoms with Gasteiger partial charge in [-0.3, -0.25) is 0 Å². The lowest BCUT2D eigenvalue weighted by Crippen LogP contribution is -2.10. The maximum Gasteiger partial charge on any atom is 0.143 e. The van der Waals surface area contributed by atoms with E-state index in [0.29, 0.717) is 0 Å². The van der Waals surface area contributed by atoms with Crippen LogP contribution in [-0.4, -0.2) is 0 Å². The normalized spacial score (nSPS) is 11.8. The van der Waals surface area contributed by atoms with Gasteiger partial charge in [0.15, 0.2) is 0 Å². The number of benzene rings is 9. The fourth-order valence-electron chi connectivity index (χ4n) is 8.12. The Morgan fingerprint density at radius 1 is 0.396 bits per heavy atom. The van der Waals surface area contributed by atoms with Gasteiger partial charge in [-0.15, -0.1) is 11.3 Å². The van der Waals surface area contributed by atoms with Crippen molar-refractivity contribution in [3.63, 3.8) is 0 Å². The van der Waals surface area contributed by atoms with E-state index in [4.69, 9.17) is 4.42 Å². The highest BCUT2D eigenvalue weighted by Crippen LogP contribution is 2.46. The predicted octanol–water partition coefficient (Wildman–Crippen LogP) is 15.1. The topological polar surface area (TPSA) is 16.4 Å².